The highest BCUT2D eigenvalue weighted by molar-refractivity contribution is 5.53. The molecule has 0 aliphatic rings. The van der Waals surface area contributed by atoms with Gasteiger partial charge in [-0.2, -0.15) is 0 Å². The van der Waals surface area contributed by atoms with Gasteiger partial charge in [0.2, 0.25) is 0 Å². The van der Waals surface area contributed by atoms with Crippen LogP contribution < -0.4 is 0 Å². The van der Waals surface area contributed by atoms with Gasteiger partial charge < -0.3 is 0 Å². The molecule has 0 aromatic rings. The molecule has 1 nitrogen and oxygen atoms in total. The van der Waals surface area contributed by atoms with Crippen molar-refractivity contribution >= 4 is 6.21 Å². The summed E-state index contributed by atoms with van der Waals surface area (Å²) in [4.78, 5) is 4.04. The average Bonchev–Trinajstić information content (AvgIpc) is 1.69. The van der Waals surface area contributed by atoms with Crippen LogP contribution in [0, 0.1) is 0 Å². The summed E-state index contributed by atoms with van der Waals surface area (Å²) in [6, 6.07) is 0. The summed E-state index contributed by atoms with van der Waals surface area (Å²) in [5, 5.41) is 0. The second kappa shape index (κ2) is 5.67. The predicted molar refractivity (Wildman–Crippen MR) is 33.9 cm³/mol. The fraction of sp³-hybridized carbons (Fsp3) is 0.833. The van der Waals surface area contributed by atoms with Crippen molar-refractivity contribution in [2.24, 2.45) is 4.99 Å². The van der Waals surface area contributed by atoms with E-state index in [1.54, 1.807) is 0 Å². The first-order valence-corrected chi connectivity index (χ1v) is 2.86. The normalized spacial score (nSPS) is 10.6. The fourth-order valence-corrected chi connectivity index (χ4v) is 0.379. The van der Waals surface area contributed by atoms with E-state index in [-0.39, 0.29) is 0 Å². The maximum absolute atomic E-state index is 4.04. The van der Waals surface area contributed by atoms with Gasteiger partial charge >= 0.3 is 0 Å². The van der Waals surface area contributed by atoms with E-state index in [2.05, 4.69) is 11.9 Å². The van der Waals surface area contributed by atoms with Gasteiger partial charge in [-0.3, -0.25) is 4.99 Å². The zero-order chi connectivity index (χ0) is 5.54. The first kappa shape index (κ1) is 6.67. The molecule has 0 bridgehead atoms. The summed E-state index contributed by atoms with van der Waals surface area (Å²) >= 11 is 0. The molecule has 0 heterocycles. The molecule has 0 aliphatic carbocycles. The second-order valence-corrected chi connectivity index (χ2v) is 1.52. The van der Waals surface area contributed by atoms with Gasteiger partial charge in [-0.25, -0.2) is 0 Å². The molecule has 0 N–H and O–H groups in total. The van der Waals surface area contributed by atoms with Gasteiger partial charge in [-0.15, -0.1) is 0 Å². The molecule has 0 atom stereocenters. The van der Waals surface area contributed by atoms with Crippen molar-refractivity contribution in [3.05, 3.63) is 0 Å². The first-order chi connectivity index (χ1) is 3.41. The van der Waals surface area contributed by atoms with Gasteiger partial charge in [0, 0.05) is 6.54 Å². The molecule has 0 radical (unpaired) electrons. The van der Waals surface area contributed by atoms with Crippen LogP contribution in [-0.4, -0.2) is 12.8 Å². The van der Waals surface area contributed by atoms with Crippen LogP contribution in [0.1, 0.15) is 26.7 Å². The third-order valence-electron chi connectivity index (χ3n) is 0.823. The van der Waals surface area contributed by atoms with Crippen LogP contribution in [0.15, 0.2) is 4.99 Å². The molecule has 0 unspecified atom stereocenters. The van der Waals surface area contributed by atoms with Crippen molar-refractivity contribution in [1.29, 1.82) is 0 Å². The minimum atomic E-state index is 1.01. The standard InChI is InChI=1S/C6H13N/c1-3-5-6-7-4-2/h4H,3,5-6H2,1-2H3/b7-4-. The highest BCUT2D eigenvalue weighted by atomic mass is 14.7. The van der Waals surface area contributed by atoms with Crippen molar-refractivity contribution in [2.45, 2.75) is 26.7 Å². The van der Waals surface area contributed by atoms with E-state index in [4.69, 9.17) is 0 Å². The molecule has 0 saturated heterocycles. The van der Waals surface area contributed by atoms with E-state index >= 15 is 0 Å². The molecule has 0 aliphatic heterocycles. The van der Waals surface area contributed by atoms with E-state index in [0.29, 0.717) is 0 Å². The van der Waals surface area contributed by atoms with Crippen LogP contribution in [0.3, 0.4) is 0 Å². The van der Waals surface area contributed by atoms with Crippen LogP contribution in [0.4, 0.5) is 0 Å². The third-order valence-corrected chi connectivity index (χ3v) is 0.823. The molecule has 0 amide bonds. The number of nitrogens with zero attached hydrogens (tertiary/aromatic N) is 1. The minimum absolute atomic E-state index is 1.01. The molecular formula is C6H13N. The molecule has 0 aromatic carbocycles. The molecule has 0 saturated carbocycles. The van der Waals surface area contributed by atoms with Gasteiger partial charge in [0.1, 0.15) is 0 Å². The van der Waals surface area contributed by atoms with Crippen LogP contribution in [0.5, 0.6) is 0 Å². The second-order valence-electron chi connectivity index (χ2n) is 1.52. The summed E-state index contributed by atoms with van der Waals surface area (Å²) < 4.78 is 0. The zero-order valence-corrected chi connectivity index (χ0v) is 5.15. The monoisotopic (exact) mass is 99.1 g/mol. The van der Waals surface area contributed by atoms with E-state index in [1.165, 1.54) is 12.8 Å². The van der Waals surface area contributed by atoms with Crippen LogP contribution in [-0.2, 0) is 0 Å². The lowest BCUT2D eigenvalue weighted by molar-refractivity contribution is 0.810. The summed E-state index contributed by atoms with van der Waals surface area (Å²) in [6.45, 7) is 5.13. The van der Waals surface area contributed by atoms with Gasteiger partial charge in [0.05, 0.1) is 0 Å². The van der Waals surface area contributed by atoms with Crippen molar-refractivity contribution in [3.8, 4) is 0 Å². The molecule has 7 heavy (non-hydrogen) atoms. The first-order valence-electron chi connectivity index (χ1n) is 2.86. The Balaban J connectivity index is 2.69. The summed E-state index contributed by atoms with van der Waals surface area (Å²) in [5.74, 6) is 0. The Kier molecular flexibility index (Phi) is 5.40. The third kappa shape index (κ3) is 5.67. The largest absolute Gasteiger partial charge is 0.298 e. The number of hydrogen-bond acceptors (Lipinski definition) is 1. The fourth-order valence-electron chi connectivity index (χ4n) is 0.379. The Bertz CT molecular complexity index is 48.1. The number of aliphatic imine (C=N–C) groups is 1. The van der Waals surface area contributed by atoms with Crippen molar-refractivity contribution in [2.75, 3.05) is 6.54 Å². The molecule has 42 valence electrons. The summed E-state index contributed by atoms with van der Waals surface area (Å²) in [5.41, 5.74) is 0. The summed E-state index contributed by atoms with van der Waals surface area (Å²) in [7, 11) is 0. The molecule has 0 spiro atoms. The molecule has 1 heteroatoms. The van der Waals surface area contributed by atoms with E-state index < -0.39 is 0 Å². The Hall–Kier alpha value is -0.330. The van der Waals surface area contributed by atoms with E-state index in [0.717, 1.165) is 6.54 Å². The predicted octanol–water partition coefficient (Wildman–Crippen LogP) is 1.88. The smallest absolute Gasteiger partial charge is 0.0385 e. The van der Waals surface area contributed by atoms with Crippen molar-refractivity contribution in [3.63, 3.8) is 0 Å². The van der Waals surface area contributed by atoms with Crippen LogP contribution >= 0.6 is 0 Å². The van der Waals surface area contributed by atoms with Gasteiger partial charge in [-0.05, 0) is 19.6 Å². The van der Waals surface area contributed by atoms with Crippen LogP contribution in [0.2, 0.25) is 0 Å². The molecular weight excluding hydrogens is 86.1 g/mol. The van der Waals surface area contributed by atoms with E-state index in [1.807, 2.05) is 13.1 Å². The number of hydrogen-bond donors (Lipinski definition) is 0. The Morgan fingerprint density at radius 2 is 2.29 bits per heavy atom. The average molecular weight is 99.2 g/mol. The molecule has 0 rings (SSSR count). The minimum Gasteiger partial charge on any atom is -0.298 e. The van der Waals surface area contributed by atoms with Gasteiger partial charge in [0.15, 0.2) is 0 Å². The SMILES string of the molecule is C/C=N\CCCC. The van der Waals surface area contributed by atoms with E-state index in [9.17, 15) is 0 Å². The lowest BCUT2D eigenvalue weighted by atomic mass is 10.3. The van der Waals surface area contributed by atoms with Crippen molar-refractivity contribution in [1.82, 2.24) is 0 Å². The topological polar surface area (TPSA) is 12.4 Å². The molecule has 0 fully saturated rings. The maximum atomic E-state index is 4.04. The van der Waals surface area contributed by atoms with Crippen LogP contribution in [0.25, 0.3) is 0 Å². The highest BCUT2D eigenvalue weighted by Crippen LogP contribution is 1.84. The Morgan fingerprint density at radius 1 is 1.57 bits per heavy atom. The van der Waals surface area contributed by atoms with Crippen molar-refractivity contribution < 1.29 is 0 Å². The summed E-state index contributed by atoms with van der Waals surface area (Å²) in [6.07, 6.45) is 4.33. The van der Waals surface area contributed by atoms with Gasteiger partial charge in [-0.1, -0.05) is 13.3 Å². The maximum Gasteiger partial charge on any atom is 0.0385 e. The van der Waals surface area contributed by atoms with Gasteiger partial charge in [0.25, 0.3) is 0 Å². The quantitative estimate of drug-likeness (QED) is 0.378. The Morgan fingerprint density at radius 3 is 2.71 bits per heavy atom. The number of unbranched alkanes of at least 4 members (excludes halogenated alkanes) is 1. The highest BCUT2D eigenvalue weighted by Gasteiger charge is 1.73. The zero-order valence-electron chi connectivity index (χ0n) is 5.15. The lowest BCUT2D eigenvalue weighted by Crippen LogP contribution is -1.76. The Labute approximate surface area is 45.5 Å². The lowest BCUT2D eigenvalue weighted by Gasteiger charge is -1.84. The molecule has 0 aromatic heterocycles. The number of rotatable bonds is 3.